The number of likely N-dealkylation sites (N-methyl/N-ethyl adjacent to an activating group) is 1. The summed E-state index contributed by atoms with van der Waals surface area (Å²) < 4.78 is 0. The molecule has 0 aromatic heterocycles. The van der Waals surface area contributed by atoms with E-state index in [0.29, 0.717) is 12.1 Å². The Bertz CT molecular complexity index is 1430. The quantitative estimate of drug-likeness (QED) is 0.363. The number of carbonyl (C=O) groups excluding carboxylic acids is 5. The molecule has 3 fully saturated rings. The first-order valence-electron chi connectivity index (χ1n) is 16.2. The van der Waals surface area contributed by atoms with Crippen molar-refractivity contribution in [1.29, 1.82) is 0 Å². The summed E-state index contributed by atoms with van der Waals surface area (Å²) in [5.41, 5.74) is 5.24. The lowest BCUT2D eigenvalue weighted by Crippen LogP contribution is -2.74. The van der Waals surface area contributed by atoms with Gasteiger partial charge in [-0.25, -0.2) is 0 Å². The molecule has 11 heteroatoms. The molecule has 0 spiro atoms. The first-order valence-corrected chi connectivity index (χ1v) is 16.2. The van der Waals surface area contributed by atoms with Crippen LogP contribution in [0.2, 0.25) is 0 Å². The van der Waals surface area contributed by atoms with Gasteiger partial charge in [-0.15, -0.1) is 0 Å². The molecule has 0 saturated heterocycles. The van der Waals surface area contributed by atoms with Crippen molar-refractivity contribution in [1.82, 2.24) is 9.80 Å². The summed E-state index contributed by atoms with van der Waals surface area (Å²) in [6, 6.07) is 0.484. The highest BCUT2D eigenvalue weighted by Crippen LogP contribution is 2.52. The van der Waals surface area contributed by atoms with Crippen molar-refractivity contribution in [2.45, 2.75) is 77.0 Å². The van der Waals surface area contributed by atoms with E-state index in [2.05, 4.69) is 18.7 Å². The maximum Gasteiger partial charge on any atom is 0.235 e. The molecule has 5 rings (SSSR count). The zero-order valence-electron chi connectivity index (χ0n) is 27.4. The second-order valence-electron chi connectivity index (χ2n) is 14.6. The minimum atomic E-state index is -2.73. The minimum absolute atomic E-state index is 0.0244. The predicted octanol–water partition coefficient (Wildman–Crippen LogP) is 1.73. The Morgan fingerprint density at radius 2 is 1.69 bits per heavy atom. The predicted molar refractivity (Wildman–Crippen MR) is 168 cm³/mol. The van der Waals surface area contributed by atoms with Crippen molar-refractivity contribution in [2.75, 3.05) is 46.2 Å². The molecule has 2 unspecified atom stereocenters. The second kappa shape index (κ2) is 11.9. The van der Waals surface area contributed by atoms with Crippen LogP contribution < -0.4 is 10.6 Å². The summed E-state index contributed by atoms with van der Waals surface area (Å²) in [5, 5.41) is 23.2. The number of carbonyl (C=O) groups is 5. The highest BCUT2D eigenvalue weighted by molar-refractivity contribution is 6.32. The molecule has 4 aliphatic rings. The maximum absolute atomic E-state index is 14.2. The molecule has 0 aliphatic heterocycles. The topological polar surface area (TPSA) is 162 Å². The zero-order valence-corrected chi connectivity index (χ0v) is 27.4. The molecule has 4 aliphatic carbocycles. The molecule has 0 bridgehead atoms. The smallest absolute Gasteiger partial charge is 0.235 e. The van der Waals surface area contributed by atoms with Crippen molar-refractivity contribution in [2.24, 2.45) is 34.8 Å². The molecule has 1 aromatic rings. The first kappa shape index (κ1) is 33.2. The molecule has 11 nitrogen and oxygen atoms in total. The van der Waals surface area contributed by atoms with E-state index in [4.69, 9.17) is 5.73 Å². The number of hydrogen-bond donors (Lipinski definition) is 3. The van der Waals surface area contributed by atoms with E-state index >= 15 is 0 Å². The van der Waals surface area contributed by atoms with E-state index in [1.807, 2.05) is 19.0 Å². The number of primary amides is 1. The van der Waals surface area contributed by atoms with E-state index < -0.39 is 64.4 Å². The molecule has 0 radical (unpaired) electrons. The maximum atomic E-state index is 14.2. The molecule has 246 valence electrons. The van der Waals surface area contributed by atoms with Gasteiger partial charge in [0.05, 0.1) is 17.5 Å². The molecule has 6 atom stereocenters. The lowest BCUT2D eigenvalue weighted by atomic mass is 9.52. The third-order valence-electron chi connectivity index (χ3n) is 11.1. The van der Waals surface area contributed by atoms with Crippen LogP contribution in [0.5, 0.6) is 5.75 Å². The van der Waals surface area contributed by atoms with Crippen molar-refractivity contribution < 1.29 is 34.2 Å². The average Bonchev–Trinajstić information content (AvgIpc) is 2.94. The number of fused-ring (bicyclic) bond motifs is 3. The Labute approximate surface area is 265 Å². The fourth-order valence-electron chi connectivity index (χ4n) is 9.03. The number of nitrogens with zero attached hydrogens (tertiary/aromatic N) is 3. The standard InChI is InChI=1S/C34H48N4O7/c1-7-38(17-33(2)11-9-8-10-12-33)16-19-15-22(39)24-20(26(19)36(3)4)13-18-14-21-27(37(5)6)29(41)25(32(35)44)31(43)34(21,45)30(42)23(18)28(24)40/h15,18,21,23,25,27,39,45H,7-14,16-17H2,1-6H3,(H2,35,44)/t18-,21-,23?,25?,27-,34-/m0/s1. The largest absolute Gasteiger partial charge is 0.507 e. The number of rotatable bonds is 8. The van der Waals surface area contributed by atoms with Gasteiger partial charge in [0.2, 0.25) is 5.91 Å². The van der Waals surface area contributed by atoms with Gasteiger partial charge in [-0.2, -0.15) is 0 Å². The van der Waals surface area contributed by atoms with Crippen LogP contribution in [-0.2, 0) is 32.1 Å². The number of ketones is 4. The number of benzene rings is 1. The lowest BCUT2D eigenvalue weighted by molar-refractivity contribution is -0.181. The molecule has 45 heavy (non-hydrogen) atoms. The zero-order chi connectivity index (χ0) is 33.2. The van der Waals surface area contributed by atoms with Gasteiger partial charge in [-0.3, -0.25) is 33.8 Å². The molecular formula is C34H48N4O7. The number of hydrogen-bond acceptors (Lipinski definition) is 10. The molecule has 4 N–H and O–H groups in total. The number of nitrogens with two attached hydrogens (primary N) is 1. The molecular weight excluding hydrogens is 576 g/mol. The van der Waals surface area contributed by atoms with Gasteiger partial charge in [-0.1, -0.05) is 33.1 Å². The fraction of sp³-hybridized carbons (Fsp3) is 0.676. The second-order valence-corrected chi connectivity index (χ2v) is 14.6. The van der Waals surface area contributed by atoms with Crippen LogP contribution in [0.3, 0.4) is 0 Å². The van der Waals surface area contributed by atoms with Crippen molar-refractivity contribution in [3.05, 3.63) is 22.8 Å². The van der Waals surface area contributed by atoms with Crippen LogP contribution >= 0.6 is 0 Å². The molecule has 0 heterocycles. The Kier molecular flexibility index (Phi) is 8.78. The van der Waals surface area contributed by atoms with Crippen LogP contribution in [0.25, 0.3) is 0 Å². The number of aromatic hydroxyl groups is 1. The average molecular weight is 625 g/mol. The van der Waals surface area contributed by atoms with Crippen LogP contribution in [-0.4, -0.2) is 102 Å². The normalized spacial score (nSPS) is 31.1. The number of phenols is 1. The summed E-state index contributed by atoms with van der Waals surface area (Å²) in [6.45, 7) is 6.79. The van der Waals surface area contributed by atoms with E-state index in [-0.39, 0.29) is 29.6 Å². The number of phenolic OH excluding ortho intramolecular Hbond substituents is 1. The number of aliphatic hydroxyl groups is 1. The first-order chi connectivity index (χ1) is 21.1. The van der Waals surface area contributed by atoms with Crippen LogP contribution in [0.4, 0.5) is 5.69 Å². The Balaban J connectivity index is 1.56. The van der Waals surface area contributed by atoms with Gasteiger partial charge < -0.3 is 20.8 Å². The molecule has 3 saturated carbocycles. The van der Waals surface area contributed by atoms with Crippen LogP contribution in [0, 0.1) is 29.1 Å². The molecule has 1 aromatic carbocycles. The monoisotopic (exact) mass is 624 g/mol. The Morgan fingerprint density at radius 1 is 1.04 bits per heavy atom. The summed E-state index contributed by atoms with van der Waals surface area (Å²) in [5.74, 6) is -10.3. The van der Waals surface area contributed by atoms with Gasteiger partial charge >= 0.3 is 0 Å². The van der Waals surface area contributed by atoms with Gasteiger partial charge in [-0.05, 0) is 74.8 Å². The van der Waals surface area contributed by atoms with E-state index in [1.54, 1.807) is 20.2 Å². The third-order valence-corrected chi connectivity index (χ3v) is 11.1. The summed E-state index contributed by atoms with van der Waals surface area (Å²) in [7, 11) is 6.94. The van der Waals surface area contributed by atoms with Gasteiger partial charge in [0.25, 0.3) is 0 Å². The number of anilines is 1. The van der Waals surface area contributed by atoms with Crippen LogP contribution in [0.1, 0.15) is 73.9 Å². The van der Waals surface area contributed by atoms with E-state index in [9.17, 15) is 34.2 Å². The van der Waals surface area contributed by atoms with Crippen molar-refractivity contribution >= 4 is 34.7 Å². The SMILES string of the molecule is CCN(Cc1cc(O)c2c(c1N(C)C)C[C@H]1C[C@H]3[C@H](N(C)C)C(=O)C(C(N)=O)C(=O)[C@@]3(O)C(=O)C1C2=O)CC1(C)CCCCC1. The number of Topliss-reactive ketones (excluding diaryl/α,β-unsaturated/α-hetero) is 4. The third kappa shape index (κ3) is 5.30. The van der Waals surface area contributed by atoms with Crippen LogP contribution in [0.15, 0.2) is 6.07 Å². The number of amides is 1. The molecule has 1 amide bonds. The van der Waals surface area contributed by atoms with E-state index in [1.165, 1.54) is 37.0 Å². The van der Waals surface area contributed by atoms with Gasteiger partial charge in [0.15, 0.2) is 34.7 Å². The van der Waals surface area contributed by atoms with Crippen molar-refractivity contribution in [3.8, 4) is 5.75 Å². The van der Waals surface area contributed by atoms with Crippen molar-refractivity contribution in [3.63, 3.8) is 0 Å². The summed E-state index contributed by atoms with van der Waals surface area (Å²) >= 11 is 0. The highest BCUT2D eigenvalue weighted by Gasteiger charge is 2.69. The Hall–Kier alpha value is -3.15. The lowest BCUT2D eigenvalue weighted by Gasteiger charge is -2.52. The Morgan fingerprint density at radius 3 is 2.24 bits per heavy atom. The fourth-order valence-corrected chi connectivity index (χ4v) is 9.03. The highest BCUT2D eigenvalue weighted by atomic mass is 16.3. The summed E-state index contributed by atoms with van der Waals surface area (Å²) in [4.78, 5) is 73.2. The van der Waals surface area contributed by atoms with Gasteiger partial charge in [0.1, 0.15) is 5.75 Å². The summed E-state index contributed by atoms with van der Waals surface area (Å²) in [6.07, 6.45) is 6.35. The minimum Gasteiger partial charge on any atom is -0.507 e. The van der Waals surface area contributed by atoms with E-state index in [0.717, 1.165) is 24.3 Å². The van der Waals surface area contributed by atoms with Gasteiger partial charge in [0, 0.05) is 38.8 Å².